The molecule has 2 heterocycles. The van der Waals surface area contributed by atoms with Crippen molar-refractivity contribution in [2.75, 3.05) is 13.2 Å². The molecule has 0 fully saturated rings. The predicted molar refractivity (Wildman–Crippen MR) is 132 cm³/mol. The van der Waals surface area contributed by atoms with E-state index in [0.717, 1.165) is 51.9 Å². The SMILES string of the molecule is CCNC(=NCc1c(C)nn(C)c1C)NC(C)c1cc2cccc(OCC)c2o1.I. The lowest BCUT2D eigenvalue weighted by Crippen LogP contribution is -2.38. The van der Waals surface area contributed by atoms with Crippen molar-refractivity contribution in [3.05, 3.63) is 47.0 Å². The van der Waals surface area contributed by atoms with Crippen LogP contribution in [0.2, 0.25) is 0 Å². The third-order valence-electron chi connectivity index (χ3n) is 5.01. The molecule has 7 nitrogen and oxygen atoms in total. The maximum absolute atomic E-state index is 6.11. The highest BCUT2D eigenvalue weighted by atomic mass is 127. The van der Waals surface area contributed by atoms with Gasteiger partial charge in [0.2, 0.25) is 0 Å². The Hall–Kier alpha value is -2.23. The van der Waals surface area contributed by atoms with Crippen LogP contribution in [0.15, 0.2) is 33.7 Å². The van der Waals surface area contributed by atoms with Crippen molar-refractivity contribution in [1.82, 2.24) is 20.4 Å². The van der Waals surface area contributed by atoms with Crippen molar-refractivity contribution < 1.29 is 9.15 Å². The van der Waals surface area contributed by atoms with Gasteiger partial charge >= 0.3 is 0 Å². The Bertz CT molecular complexity index is 1010. The minimum atomic E-state index is -0.0502. The summed E-state index contributed by atoms with van der Waals surface area (Å²) in [5, 5.41) is 12.3. The first-order valence-electron chi connectivity index (χ1n) is 10.1. The van der Waals surface area contributed by atoms with Gasteiger partial charge in [0.05, 0.1) is 24.9 Å². The lowest BCUT2D eigenvalue weighted by atomic mass is 10.2. The number of hydrogen-bond donors (Lipinski definition) is 2. The van der Waals surface area contributed by atoms with Crippen molar-refractivity contribution in [2.24, 2.45) is 12.0 Å². The molecule has 0 radical (unpaired) electrons. The highest BCUT2D eigenvalue weighted by molar-refractivity contribution is 14.0. The zero-order valence-electron chi connectivity index (χ0n) is 18.6. The fraction of sp³-hybridized carbons (Fsp3) is 0.455. The molecule has 2 N–H and O–H groups in total. The molecule has 0 bridgehead atoms. The van der Waals surface area contributed by atoms with E-state index < -0.39 is 0 Å². The fourth-order valence-corrected chi connectivity index (χ4v) is 3.34. The maximum atomic E-state index is 6.11. The van der Waals surface area contributed by atoms with Crippen LogP contribution < -0.4 is 15.4 Å². The van der Waals surface area contributed by atoms with Gasteiger partial charge in [-0.05, 0) is 46.8 Å². The molecule has 8 heteroatoms. The van der Waals surface area contributed by atoms with E-state index in [0.29, 0.717) is 13.2 Å². The molecule has 0 aliphatic heterocycles. The van der Waals surface area contributed by atoms with Gasteiger partial charge < -0.3 is 19.8 Å². The van der Waals surface area contributed by atoms with Gasteiger partial charge in [0.15, 0.2) is 17.3 Å². The van der Waals surface area contributed by atoms with Crippen LogP contribution in [0.1, 0.15) is 49.5 Å². The zero-order valence-corrected chi connectivity index (χ0v) is 20.9. The van der Waals surface area contributed by atoms with Crippen LogP contribution in [0.4, 0.5) is 0 Å². The van der Waals surface area contributed by atoms with Gasteiger partial charge in [-0.1, -0.05) is 12.1 Å². The molecular weight excluding hydrogens is 493 g/mol. The molecule has 1 aromatic carbocycles. The van der Waals surface area contributed by atoms with Crippen LogP contribution in [-0.2, 0) is 13.6 Å². The van der Waals surface area contributed by atoms with E-state index in [4.69, 9.17) is 14.1 Å². The standard InChI is InChI=1S/C22H31N5O2.HI/c1-7-23-22(24-13-18-14(3)26-27(6)16(18)5)25-15(4)20-12-17-10-9-11-19(28-8-2)21(17)29-20;/h9-12,15H,7-8,13H2,1-6H3,(H2,23,24,25);1H. The first-order valence-corrected chi connectivity index (χ1v) is 10.1. The summed E-state index contributed by atoms with van der Waals surface area (Å²) in [6, 6.07) is 7.95. The van der Waals surface area contributed by atoms with E-state index in [9.17, 15) is 0 Å². The Morgan fingerprint density at radius 1 is 1.30 bits per heavy atom. The summed E-state index contributed by atoms with van der Waals surface area (Å²) in [6.45, 7) is 12.1. The molecule has 164 valence electrons. The van der Waals surface area contributed by atoms with E-state index in [2.05, 4.69) is 42.6 Å². The highest BCUT2D eigenvalue weighted by Crippen LogP contribution is 2.31. The first-order chi connectivity index (χ1) is 13.9. The second-order valence-corrected chi connectivity index (χ2v) is 7.09. The summed E-state index contributed by atoms with van der Waals surface area (Å²) in [7, 11) is 1.96. The van der Waals surface area contributed by atoms with Gasteiger partial charge in [-0.2, -0.15) is 5.10 Å². The summed E-state index contributed by atoms with van der Waals surface area (Å²) in [6.07, 6.45) is 0. The molecule has 0 aliphatic rings. The number of hydrogen-bond acceptors (Lipinski definition) is 4. The Labute approximate surface area is 195 Å². The zero-order chi connectivity index (χ0) is 21.0. The van der Waals surface area contributed by atoms with Crippen LogP contribution in [-0.4, -0.2) is 28.9 Å². The molecule has 3 rings (SSSR count). The average molecular weight is 525 g/mol. The van der Waals surface area contributed by atoms with Gasteiger partial charge in [-0.15, -0.1) is 24.0 Å². The minimum Gasteiger partial charge on any atom is -0.490 e. The number of para-hydroxylation sites is 1. The number of ether oxygens (including phenoxy) is 1. The molecule has 0 spiro atoms. The summed E-state index contributed by atoms with van der Waals surface area (Å²) in [5.74, 6) is 2.35. The van der Waals surface area contributed by atoms with Crippen LogP contribution >= 0.6 is 24.0 Å². The molecule has 3 aromatic rings. The third-order valence-corrected chi connectivity index (χ3v) is 5.01. The van der Waals surface area contributed by atoms with Gasteiger partial charge in [0.1, 0.15) is 5.76 Å². The van der Waals surface area contributed by atoms with E-state index in [-0.39, 0.29) is 30.0 Å². The number of nitrogens with one attached hydrogen (secondary N) is 2. The predicted octanol–water partition coefficient (Wildman–Crippen LogP) is 4.62. The molecule has 1 unspecified atom stereocenters. The summed E-state index contributed by atoms with van der Waals surface area (Å²) >= 11 is 0. The Balaban J connectivity index is 0.00000320. The second kappa shape index (κ2) is 10.7. The van der Waals surface area contributed by atoms with E-state index in [1.54, 1.807) is 0 Å². The number of fused-ring (bicyclic) bond motifs is 1. The fourth-order valence-electron chi connectivity index (χ4n) is 3.34. The molecule has 0 aliphatic carbocycles. The molecule has 1 atom stereocenters. The minimum absolute atomic E-state index is 0. The molecular formula is C22H32IN5O2. The summed E-state index contributed by atoms with van der Waals surface area (Å²) in [4.78, 5) is 4.76. The maximum Gasteiger partial charge on any atom is 0.192 e. The Morgan fingerprint density at radius 3 is 2.70 bits per heavy atom. The van der Waals surface area contributed by atoms with Gasteiger partial charge in [-0.3, -0.25) is 4.68 Å². The molecule has 0 saturated heterocycles. The number of furan rings is 1. The quantitative estimate of drug-likeness (QED) is 0.268. The number of benzene rings is 1. The number of rotatable bonds is 7. The van der Waals surface area contributed by atoms with Crippen LogP contribution in [0, 0.1) is 13.8 Å². The third kappa shape index (κ3) is 5.27. The van der Waals surface area contributed by atoms with Crippen molar-refractivity contribution in [3.8, 4) is 5.75 Å². The lowest BCUT2D eigenvalue weighted by Gasteiger charge is -2.16. The largest absolute Gasteiger partial charge is 0.490 e. The number of aliphatic imine (C=N–C) groups is 1. The topological polar surface area (TPSA) is 76.6 Å². The normalized spacial score (nSPS) is 12.5. The first kappa shape index (κ1) is 24.0. The number of aryl methyl sites for hydroxylation is 2. The van der Waals surface area contributed by atoms with E-state index in [1.807, 2.05) is 43.8 Å². The second-order valence-electron chi connectivity index (χ2n) is 7.09. The monoisotopic (exact) mass is 525 g/mol. The van der Waals surface area contributed by atoms with Crippen LogP contribution in [0.5, 0.6) is 5.75 Å². The smallest absolute Gasteiger partial charge is 0.192 e. The number of aromatic nitrogens is 2. The van der Waals surface area contributed by atoms with Crippen LogP contribution in [0.3, 0.4) is 0 Å². The average Bonchev–Trinajstić information content (AvgIpc) is 3.23. The van der Waals surface area contributed by atoms with Crippen molar-refractivity contribution >= 4 is 40.9 Å². The highest BCUT2D eigenvalue weighted by Gasteiger charge is 2.16. The van der Waals surface area contributed by atoms with E-state index in [1.165, 1.54) is 0 Å². The van der Waals surface area contributed by atoms with E-state index >= 15 is 0 Å². The van der Waals surface area contributed by atoms with Crippen LogP contribution in [0.25, 0.3) is 11.0 Å². The lowest BCUT2D eigenvalue weighted by molar-refractivity contribution is 0.336. The number of halogens is 1. The molecule has 0 saturated carbocycles. The Morgan fingerprint density at radius 2 is 2.07 bits per heavy atom. The van der Waals surface area contributed by atoms with Gasteiger partial charge in [0, 0.05) is 30.2 Å². The molecule has 30 heavy (non-hydrogen) atoms. The molecule has 0 amide bonds. The molecule has 2 aromatic heterocycles. The van der Waals surface area contributed by atoms with Crippen molar-refractivity contribution in [2.45, 2.75) is 47.2 Å². The Kier molecular flexibility index (Phi) is 8.57. The van der Waals surface area contributed by atoms with Crippen molar-refractivity contribution in [3.63, 3.8) is 0 Å². The van der Waals surface area contributed by atoms with Gasteiger partial charge in [-0.25, -0.2) is 4.99 Å². The van der Waals surface area contributed by atoms with Gasteiger partial charge in [0.25, 0.3) is 0 Å². The number of nitrogens with zero attached hydrogens (tertiary/aromatic N) is 3. The number of guanidine groups is 1. The summed E-state index contributed by atoms with van der Waals surface area (Å²) in [5.41, 5.74) is 4.08. The summed E-state index contributed by atoms with van der Waals surface area (Å²) < 4.78 is 13.7. The van der Waals surface area contributed by atoms with Crippen molar-refractivity contribution in [1.29, 1.82) is 0 Å².